The SMILES string of the molecule is CCOC(=O)[C@@H]1CCN(Cc2ccccc2)C[C@H]1N.CCOC(=O)[C@H]1CCN(Cc2ccccc2)C[C@@H]1N.Cl.Cl. The second-order valence-electron chi connectivity index (χ2n) is 10.1. The number of ether oxygens (including phenoxy) is 2. The predicted molar refractivity (Wildman–Crippen MR) is 163 cm³/mol. The fourth-order valence-electron chi connectivity index (χ4n) is 5.16. The van der Waals surface area contributed by atoms with Crippen LogP contribution in [0, 0.1) is 11.8 Å². The Morgan fingerprint density at radius 3 is 1.35 bits per heavy atom. The maximum Gasteiger partial charge on any atom is 0.310 e. The smallest absolute Gasteiger partial charge is 0.310 e. The van der Waals surface area contributed by atoms with Crippen LogP contribution < -0.4 is 11.5 Å². The van der Waals surface area contributed by atoms with E-state index in [0.717, 1.165) is 52.1 Å². The van der Waals surface area contributed by atoms with Crippen LogP contribution in [0.5, 0.6) is 0 Å². The number of nitrogens with zero attached hydrogens (tertiary/aromatic N) is 2. The maximum atomic E-state index is 11.8. The van der Waals surface area contributed by atoms with Gasteiger partial charge in [0.1, 0.15) is 0 Å². The Balaban J connectivity index is 0.000000381. The Morgan fingerprint density at radius 1 is 0.700 bits per heavy atom. The number of carbonyl (C=O) groups excluding carboxylic acids is 2. The molecule has 2 saturated heterocycles. The Kier molecular flexibility index (Phi) is 17.0. The Bertz CT molecular complexity index is 907. The topological polar surface area (TPSA) is 111 Å². The maximum absolute atomic E-state index is 11.8. The van der Waals surface area contributed by atoms with Gasteiger partial charge in [-0.1, -0.05) is 60.7 Å². The van der Waals surface area contributed by atoms with Gasteiger partial charge in [0.05, 0.1) is 25.0 Å². The van der Waals surface area contributed by atoms with Crippen molar-refractivity contribution in [2.45, 2.75) is 51.9 Å². The minimum Gasteiger partial charge on any atom is -0.466 e. The summed E-state index contributed by atoms with van der Waals surface area (Å²) in [6.45, 7) is 9.58. The molecule has 0 aliphatic carbocycles. The van der Waals surface area contributed by atoms with E-state index < -0.39 is 0 Å². The van der Waals surface area contributed by atoms with E-state index in [0.29, 0.717) is 13.2 Å². The van der Waals surface area contributed by atoms with Crippen molar-refractivity contribution in [3.05, 3.63) is 71.8 Å². The first-order valence-electron chi connectivity index (χ1n) is 13.8. The van der Waals surface area contributed by atoms with E-state index in [1.165, 1.54) is 11.1 Å². The molecule has 0 aromatic heterocycles. The zero-order valence-corrected chi connectivity index (χ0v) is 25.3. The summed E-state index contributed by atoms with van der Waals surface area (Å²) >= 11 is 0. The van der Waals surface area contributed by atoms with Gasteiger partial charge in [0.25, 0.3) is 0 Å². The summed E-state index contributed by atoms with van der Waals surface area (Å²) in [5, 5.41) is 0. The average Bonchev–Trinajstić information content (AvgIpc) is 2.91. The number of benzene rings is 2. The van der Waals surface area contributed by atoms with Gasteiger partial charge in [-0.3, -0.25) is 19.4 Å². The van der Waals surface area contributed by atoms with Crippen molar-refractivity contribution in [2.75, 3.05) is 39.4 Å². The third kappa shape index (κ3) is 11.4. The first kappa shape index (κ1) is 35.8. The summed E-state index contributed by atoms with van der Waals surface area (Å²) in [6.07, 6.45) is 1.57. The average molecular weight is 598 g/mol. The highest BCUT2D eigenvalue weighted by atomic mass is 35.5. The van der Waals surface area contributed by atoms with Gasteiger partial charge >= 0.3 is 11.9 Å². The minimum absolute atomic E-state index is 0. The molecule has 4 atom stereocenters. The molecular formula is C30H46Cl2N4O4. The van der Waals surface area contributed by atoms with E-state index in [1.54, 1.807) is 0 Å². The largest absolute Gasteiger partial charge is 0.466 e. The summed E-state index contributed by atoms with van der Waals surface area (Å²) in [5.74, 6) is -0.581. The highest BCUT2D eigenvalue weighted by Gasteiger charge is 2.33. The van der Waals surface area contributed by atoms with Crippen LogP contribution in [-0.2, 0) is 32.2 Å². The van der Waals surface area contributed by atoms with Gasteiger partial charge in [-0.25, -0.2) is 0 Å². The molecule has 40 heavy (non-hydrogen) atoms. The highest BCUT2D eigenvalue weighted by Crippen LogP contribution is 2.21. The van der Waals surface area contributed by atoms with E-state index in [9.17, 15) is 9.59 Å². The van der Waals surface area contributed by atoms with Crippen molar-refractivity contribution in [3.63, 3.8) is 0 Å². The molecule has 2 heterocycles. The number of halogens is 2. The summed E-state index contributed by atoms with van der Waals surface area (Å²) in [6, 6.07) is 20.4. The number of hydrogen-bond donors (Lipinski definition) is 2. The summed E-state index contributed by atoms with van der Waals surface area (Å²) < 4.78 is 10.1. The number of nitrogens with two attached hydrogens (primary N) is 2. The normalized spacial score (nSPS) is 22.9. The first-order chi connectivity index (χ1) is 18.4. The molecule has 2 aromatic carbocycles. The molecule has 0 unspecified atom stereocenters. The van der Waals surface area contributed by atoms with Gasteiger partial charge in [0.2, 0.25) is 0 Å². The number of piperidine rings is 2. The molecule has 0 radical (unpaired) electrons. The van der Waals surface area contributed by atoms with Crippen LogP contribution in [0.15, 0.2) is 60.7 Å². The van der Waals surface area contributed by atoms with E-state index >= 15 is 0 Å². The Labute approximate surface area is 251 Å². The van der Waals surface area contributed by atoms with Crippen LogP contribution in [0.1, 0.15) is 37.8 Å². The van der Waals surface area contributed by atoms with Gasteiger partial charge < -0.3 is 20.9 Å². The fraction of sp³-hybridized carbons (Fsp3) is 0.533. The molecule has 0 saturated carbocycles. The first-order valence-corrected chi connectivity index (χ1v) is 13.8. The molecular weight excluding hydrogens is 551 g/mol. The molecule has 2 aromatic rings. The molecule has 224 valence electrons. The van der Waals surface area contributed by atoms with Gasteiger partial charge in [0.15, 0.2) is 0 Å². The standard InChI is InChI=1S/2C15H22N2O2.2ClH/c2*1-2-19-15(18)13-8-9-17(11-14(13)16)10-12-6-4-3-5-7-12;;/h2*3-7,13-14H,2,8-11,16H2,1H3;2*1H/t2*13-,14-;;/m10../s1. The molecule has 2 fully saturated rings. The van der Waals surface area contributed by atoms with Gasteiger partial charge in [-0.2, -0.15) is 0 Å². The van der Waals surface area contributed by atoms with Crippen LogP contribution in [0.4, 0.5) is 0 Å². The van der Waals surface area contributed by atoms with Crippen LogP contribution in [-0.4, -0.2) is 73.2 Å². The highest BCUT2D eigenvalue weighted by molar-refractivity contribution is 5.85. The Hall–Kier alpha value is -2.20. The van der Waals surface area contributed by atoms with E-state index in [1.807, 2.05) is 50.2 Å². The van der Waals surface area contributed by atoms with E-state index in [-0.39, 0.29) is 60.7 Å². The van der Waals surface area contributed by atoms with Crippen molar-refractivity contribution in [3.8, 4) is 0 Å². The monoisotopic (exact) mass is 596 g/mol. The lowest BCUT2D eigenvalue weighted by atomic mass is 9.92. The van der Waals surface area contributed by atoms with E-state index in [2.05, 4.69) is 34.1 Å². The van der Waals surface area contributed by atoms with Crippen LogP contribution in [0.2, 0.25) is 0 Å². The van der Waals surface area contributed by atoms with Crippen molar-refractivity contribution in [2.24, 2.45) is 23.3 Å². The second kappa shape index (κ2) is 19.0. The fourth-order valence-corrected chi connectivity index (χ4v) is 5.16. The summed E-state index contributed by atoms with van der Waals surface area (Å²) in [7, 11) is 0. The van der Waals surface area contributed by atoms with Crippen LogP contribution in [0.3, 0.4) is 0 Å². The Morgan fingerprint density at radius 2 is 1.05 bits per heavy atom. The lowest BCUT2D eigenvalue weighted by molar-refractivity contribution is -0.151. The molecule has 10 heteroatoms. The van der Waals surface area contributed by atoms with Crippen molar-refractivity contribution in [1.29, 1.82) is 0 Å². The number of likely N-dealkylation sites (tertiary alicyclic amines) is 2. The third-order valence-electron chi connectivity index (χ3n) is 7.16. The van der Waals surface area contributed by atoms with Gasteiger partial charge in [-0.05, 0) is 50.9 Å². The van der Waals surface area contributed by atoms with Crippen molar-refractivity contribution < 1.29 is 19.1 Å². The van der Waals surface area contributed by atoms with Crippen molar-refractivity contribution in [1.82, 2.24) is 9.80 Å². The number of carbonyl (C=O) groups is 2. The minimum atomic E-state index is -0.146. The molecule has 0 spiro atoms. The second-order valence-corrected chi connectivity index (χ2v) is 10.1. The van der Waals surface area contributed by atoms with Crippen LogP contribution in [0.25, 0.3) is 0 Å². The summed E-state index contributed by atoms with van der Waals surface area (Å²) in [5.41, 5.74) is 14.8. The number of hydrogen-bond acceptors (Lipinski definition) is 8. The molecule has 4 N–H and O–H groups in total. The van der Waals surface area contributed by atoms with E-state index in [4.69, 9.17) is 20.9 Å². The molecule has 0 amide bonds. The zero-order valence-electron chi connectivity index (χ0n) is 23.7. The predicted octanol–water partition coefficient (Wildman–Crippen LogP) is 3.64. The molecule has 4 rings (SSSR count). The molecule has 2 aliphatic rings. The molecule has 8 nitrogen and oxygen atoms in total. The molecule has 0 bridgehead atoms. The van der Waals surface area contributed by atoms with Gasteiger partial charge in [-0.15, -0.1) is 24.8 Å². The quantitative estimate of drug-likeness (QED) is 0.444. The lowest BCUT2D eigenvalue weighted by Crippen LogP contribution is -2.51. The van der Waals surface area contributed by atoms with Crippen molar-refractivity contribution >= 4 is 36.8 Å². The summed E-state index contributed by atoms with van der Waals surface area (Å²) in [4.78, 5) is 28.1. The number of esters is 2. The number of rotatable bonds is 8. The van der Waals surface area contributed by atoms with Gasteiger partial charge in [0, 0.05) is 38.3 Å². The van der Waals surface area contributed by atoms with Crippen LogP contribution >= 0.6 is 24.8 Å². The zero-order chi connectivity index (χ0) is 27.3. The molecule has 2 aliphatic heterocycles. The lowest BCUT2D eigenvalue weighted by Gasteiger charge is -2.35. The third-order valence-corrected chi connectivity index (χ3v) is 7.16.